The average Bonchev–Trinajstić information content (AvgIpc) is 3.44. The van der Waals surface area contributed by atoms with Gasteiger partial charge in [-0.3, -0.25) is 0 Å². The van der Waals surface area contributed by atoms with Gasteiger partial charge in [0.05, 0.1) is 23.1 Å². The summed E-state index contributed by atoms with van der Waals surface area (Å²) < 4.78 is 80.2. The second kappa shape index (κ2) is 11.3. The molecule has 0 radical (unpaired) electrons. The lowest BCUT2D eigenvalue weighted by Gasteiger charge is -2.48. The average molecular weight is 661 g/mol. The molecule has 0 aliphatic carbocycles. The Morgan fingerprint density at radius 1 is 1.12 bits per heavy atom. The van der Waals surface area contributed by atoms with Crippen LogP contribution in [0.1, 0.15) is 37.6 Å². The van der Waals surface area contributed by atoms with E-state index >= 15 is 0 Å². The molecule has 1 saturated heterocycles. The molecule has 1 spiro atoms. The van der Waals surface area contributed by atoms with Crippen molar-refractivity contribution in [3.8, 4) is 5.75 Å². The van der Waals surface area contributed by atoms with Crippen LogP contribution < -0.4 is 13.8 Å². The van der Waals surface area contributed by atoms with Gasteiger partial charge in [-0.2, -0.15) is 4.57 Å². The van der Waals surface area contributed by atoms with E-state index in [1.165, 1.54) is 11.3 Å². The monoisotopic (exact) mass is 660 g/mol. The van der Waals surface area contributed by atoms with Crippen LogP contribution in [0.3, 0.4) is 0 Å². The molecule has 1 aromatic heterocycles. The van der Waals surface area contributed by atoms with E-state index in [4.69, 9.17) is 16.3 Å². The van der Waals surface area contributed by atoms with Gasteiger partial charge in [0.2, 0.25) is 5.52 Å². The van der Waals surface area contributed by atoms with Gasteiger partial charge in [0, 0.05) is 40.8 Å². The number of benzene rings is 3. The summed E-state index contributed by atoms with van der Waals surface area (Å²) in [5, 5.41) is 2.02. The first-order valence-corrected chi connectivity index (χ1v) is 18.2. The van der Waals surface area contributed by atoms with Crippen molar-refractivity contribution in [2.75, 3.05) is 12.3 Å². The van der Waals surface area contributed by atoms with Gasteiger partial charge in [-0.05, 0) is 48.1 Å². The zero-order chi connectivity index (χ0) is 30.6. The van der Waals surface area contributed by atoms with Crippen molar-refractivity contribution in [3.05, 3.63) is 82.2 Å². The summed E-state index contributed by atoms with van der Waals surface area (Å²) in [6, 6.07) is 17.0. The van der Waals surface area contributed by atoms with Crippen LogP contribution in [0.5, 0.6) is 5.75 Å². The van der Waals surface area contributed by atoms with Crippen molar-refractivity contribution < 1.29 is 35.2 Å². The summed E-state index contributed by atoms with van der Waals surface area (Å²) in [6.07, 6.45) is 5.37. The highest BCUT2D eigenvalue weighted by Crippen LogP contribution is 2.56. The molecule has 13 heteroatoms. The SMILES string of the molecule is CCC(/C=C1\Oc2ccc3ccccc3c2[N+]12CCC2S(=O)(=O)[O-])=C\c1sc2ccc(Cl)cc2[n+]1CCCCS(=O)(=O)[O-]. The molecule has 2 unspecified atom stereocenters. The predicted molar refractivity (Wildman–Crippen MR) is 167 cm³/mol. The van der Waals surface area contributed by atoms with Gasteiger partial charge >= 0.3 is 5.88 Å². The molecule has 2 aliphatic rings. The smallest absolute Gasteiger partial charge is 0.303 e. The van der Waals surface area contributed by atoms with Gasteiger partial charge in [0.1, 0.15) is 4.70 Å². The molecule has 43 heavy (non-hydrogen) atoms. The van der Waals surface area contributed by atoms with Crippen LogP contribution in [-0.2, 0) is 26.8 Å². The Morgan fingerprint density at radius 3 is 2.60 bits per heavy atom. The van der Waals surface area contributed by atoms with Crippen molar-refractivity contribution >= 4 is 75.9 Å². The van der Waals surface area contributed by atoms with Crippen LogP contribution in [-0.4, -0.2) is 43.6 Å². The Labute approximate surface area is 259 Å². The highest BCUT2D eigenvalue weighted by atomic mass is 35.5. The molecule has 3 aromatic carbocycles. The fraction of sp³-hybridized carbons (Fsp3) is 0.300. The first kappa shape index (κ1) is 30.2. The Balaban J connectivity index is 1.45. The maximum Gasteiger partial charge on any atom is 0.303 e. The number of hydrogen-bond donors (Lipinski definition) is 0. The molecule has 6 rings (SSSR count). The summed E-state index contributed by atoms with van der Waals surface area (Å²) in [6.45, 7) is 2.87. The maximum absolute atomic E-state index is 12.5. The standard InChI is InChI=1S/C30H29ClN2O7S3/c1-2-20(17-27-32(14-5-6-16-42(34,35)36)24-19-22(31)10-12-26(24)41-27)18-28-33(15-13-29(33)43(37,38)39)30-23-8-4-3-7-21(23)9-11-25(30)40-28/h3-4,7-12,17-19,29H,2,5-6,13-16H2,1H3/b20-17+,28-18-. The van der Waals surface area contributed by atoms with Crippen molar-refractivity contribution in [2.24, 2.45) is 0 Å². The number of allylic oxidation sites excluding steroid dienone is 2. The molecule has 0 saturated carbocycles. The van der Waals surface area contributed by atoms with Gasteiger partial charge in [0.25, 0.3) is 5.01 Å². The predicted octanol–water partition coefficient (Wildman–Crippen LogP) is 5.63. The van der Waals surface area contributed by atoms with Crippen molar-refractivity contribution in [2.45, 2.75) is 44.5 Å². The minimum Gasteiger partial charge on any atom is -0.748 e. The van der Waals surface area contributed by atoms with Gasteiger partial charge in [0.15, 0.2) is 33.5 Å². The van der Waals surface area contributed by atoms with Crippen LogP contribution >= 0.6 is 22.9 Å². The first-order chi connectivity index (χ1) is 20.4. The number of ether oxygens (including phenoxy) is 1. The van der Waals surface area contributed by atoms with E-state index in [1.807, 2.05) is 72.2 Å². The van der Waals surface area contributed by atoms with Crippen LogP contribution in [0, 0.1) is 0 Å². The van der Waals surface area contributed by atoms with E-state index in [0.29, 0.717) is 48.3 Å². The number of halogens is 1. The lowest BCUT2D eigenvalue weighted by molar-refractivity contribution is -0.669. The Bertz CT molecular complexity index is 2040. The van der Waals surface area contributed by atoms with Crippen molar-refractivity contribution in [1.29, 1.82) is 0 Å². The molecule has 0 bridgehead atoms. The number of aromatic nitrogens is 1. The number of unbranched alkanes of at least 4 members (excludes halogenated alkanes) is 1. The van der Waals surface area contributed by atoms with E-state index in [0.717, 1.165) is 31.6 Å². The maximum atomic E-state index is 12.5. The van der Waals surface area contributed by atoms with Crippen LogP contribution in [0.25, 0.3) is 27.1 Å². The van der Waals surface area contributed by atoms with Crippen molar-refractivity contribution in [1.82, 2.24) is 4.48 Å². The molecule has 0 N–H and O–H groups in total. The van der Waals surface area contributed by atoms with E-state index < -0.39 is 31.4 Å². The molecule has 9 nitrogen and oxygen atoms in total. The summed E-state index contributed by atoms with van der Waals surface area (Å²) in [5.41, 5.74) is 2.43. The second-order valence-corrected chi connectivity index (χ2v) is 15.3. The van der Waals surface area contributed by atoms with Crippen LogP contribution in [0.2, 0.25) is 5.02 Å². The minimum atomic E-state index is -4.65. The molecular formula is C30H29ClN2O7S3. The highest BCUT2D eigenvalue weighted by Gasteiger charge is 2.61. The van der Waals surface area contributed by atoms with Gasteiger partial charge < -0.3 is 13.8 Å². The third-order valence-corrected chi connectivity index (χ3v) is 11.6. The summed E-state index contributed by atoms with van der Waals surface area (Å²) in [4.78, 5) is 0. The molecule has 226 valence electrons. The van der Waals surface area contributed by atoms with Crippen molar-refractivity contribution in [3.63, 3.8) is 0 Å². The molecule has 3 heterocycles. The molecule has 0 amide bonds. The third-order valence-electron chi connectivity index (χ3n) is 8.17. The zero-order valence-corrected chi connectivity index (χ0v) is 26.4. The molecule has 4 aromatic rings. The number of fused-ring (bicyclic) bond motifs is 5. The zero-order valence-electron chi connectivity index (χ0n) is 23.2. The fourth-order valence-corrected chi connectivity index (χ4v) is 9.09. The lowest BCUT2D eigenvalue weighted by atomic mass is 10.0. The second-order valence-electron chi connectivity index (χ2n) is 10.8. The topological polar surface area (TPSA) is 128 Å². The Kier molecular flexibility index (Phi) is 7.91. The summed E-state index contributed by atoms with van der Waals surface area (Å²) >= 11 is 7.85. The van der Waals surface area contributed by atoms with Crippen LogP contribution in [0.4, 0.5) is 5.69 Å². The summed E-state index contributed by atoms with van der Waals surface area (Å²) in [7, 11) is -8.95. The Hall–Kier alpha value is -2.84. The Morgan fingerprint density at radius 2 is 1.91 bits per heavy atom. The number of aryl methyl sites for hydroxylation is 1. The minimum absolute atomic E-state index is 0.175. The lowest BCUT2D eigenvalue weighted by Crippen LogP contribution is -2.67. The first-order valence-electron chi connectivity index (χ1n) is 13.9. The molecule has 1 fully saturated rings. The highest BCUT2D eigenvalue weighted by molar-refractivity contribution is 7.86. The number of thiazole rings is 1. The number of nitrogens with zero attached hydrogens (tertiary/aromatic N) is 2. The molecule has 2 atom stereocenters. The van der Waals surface area contributed by atoms with E-state index in [1.54, 1.807) is 6.07 Å². The van der Waals surface area contributed by atoms with E-state index in [2.05, 4.69) is 0 Å². The molecular weight excluding hydrogens is 632 g/mol. The molecule has 2 aliphatic heterocycles. The fourth-order valence-electron chi connectivity index (χ4n) is 6.07. The van der Waals surface area contributed by atoms with E-state index in [-0.39, 0.29) is 17.3 Å². The number of rotatable bonds is 9. The normalized spacial score (nSPS) is 21.4. The van der Waals surface area contributed by atoms with Gasteiger partial charge in [-0.25, -0.2) is 21.3 Å². The third kappa shape index (κ3) is 5.61. The van der Waals surface area contributed by atoms with Gasteiger partial charge in [-0.1, -0.05) is 54.1 Å². The largest absolute Gasteiger partial charge is 0.748 e. The number of hydrogen-bond acceptors (Lipinski definition) is 8. The quantitative estimate of drug-likeness (QED) is 0.0985. The number of quaternary nitrogens is 1. The van der Waals surface area contributed by atoms with E-state index in [9.17, 15) is 25.9 Å². The summed E-state index contributed by atoms with van der Waals surface area (Å²) in [5.74, 6) is 0.504. The van der Waals surface area contributed by atoms with Crippen LogP contribution in [0.15, 0.2) is 72.1 Å². The van der Waals surface area contributed by atoms with Gasteiger partial charge in [-0.15, -0.1) is 0 Å².